The van der Waals surface area contributed by atoms with Crippen LogP contribution in [0.5, 0.6) is 0 Å². The molecule has 0 aromatic carbocycles. The Morgan fingerprint density at radius 1 is 1.21 bits per heavy atom. The number of hydrogen-bond donors (Lipinski definition) is 2. The van der Waals surface area contributed by atoms with Crippen LogP contribution in [0.4, 0.5) is 11.6 Å². The minimum atomic E-state index is 0.431. The molecule has 0 bridgehead atoms. The number of aryl methyl sites for hydroxylation is 1. The average Bonchev–Trinajstić information content (AvgIpc) is 3.35. The fraction of sp³-hybridized carbons (Fsp3) is 0.400. The molecule has 8 heteroatoms. The highest BCUT2D eigenvalue weighted by molar-refractivity contribution is 5.61. The Morgan fingerprint density at radius 2 is 2.07 bits per heavy atom. The third-order valence-corrected chi connectivity index (χ3v) is 5.13. The van der Waals surface area contributed by atoms with Crippen LogP contribution in [0.3, 0.4) is 0 Å². The third kappa shape index (κ3) is 3.96. The Bertz CT molecular complexity index is 908. The Hall–Kier alpha value is -3.00. The molecule has 1 aliphatic rings. The molecule has 4 heterocycles. The summed E-state index contributed by atoms with van der Waals surface area (Å²) in [4.78, 5) is 15.2. The molecule has 0 saturated carbocycles. The Labute approximate surface area is 165 Å². The minimum absolute atomic E-state index is 0.431. The molecule has 3 aromatic heterocycles. The van der Waals surface area contributed by atoms with E-state index in [4.69, 9.17) is 0 Å². The molecule has 0 radical (unpaired) electrons. The summed E-state index contributed by atoms with van der Waals surface area (Å²) in [5.41, 5.74) is 3.29. The molecular weight excluding hydrogens is 352 g/mol. The van der Waals surface area contributed by atoms with Gasteiger partial charge in [-0.25, -0.2) is 9.97 Å². The monoisotopic (exact) mass is 378 g/mol. The molecule has 1 atom stereocenters. The van der Waals surface area contributed by atoms with E-state index in [0.717, 1.165) is 48.9 Å². The van der Waals surface area contributed by atoms with Crippen molar-refractivity contribution in [1.29, 1.82) is 0 Å². The number of aromatic nitrogens is 5. The summed E-state index contributed by atoms with van der Waals surface area (Å²) < 4.78 is 1.87. The van der Waals surface area contributed by atoms with Gasteiger partial charge in [-0.3, -0.25) is 9.67 Å². The van der Waals surface area contributed by atoms with Gasteiger partial charge in [0.25, 0.3) is 0 Å². The molecular formula is C20H26N8. The number of nitrogens with zero attached hydrogens (tertiary/aromatic N) is 6. The Balaban J connectivity index is 1.41. The Kier molecular flexibility index (Phi) is 5.48. The van der Waals surface area contributed by atoms with E-state index in [0.29, 0.717) is 6.04 Å². The van der Waals surface area contributed by atoms with Gasteiger partial charge in [-0.05, 0) is 25.0 Å². The van der Waals surface area contributed by atoms with Crippen LogP contribution in [0.25, 0.3) is 11.3 Å². The third-order valence-electron chi connectivity index (χ3n) is 5.13. The summed E-state index contributed by atoms with van der Waals surface area (Å²) in [5.74, 6) is 1.84. The Morgan fingerprint density at radius 3 is 2.89 bits per heavy atom. The van der Waals surface area contributed by atoms with Crippen LogP contribution in [0, 0.1) is 0 Å². The van der Waals surface area contributed by atoms with Crippen LogP contribution in [0.15, 0.2) is 43.1 Å². The lowest BCUT2D eigenvalue weighted by Gasteiger charge is -2.26. The zero-order valence-corrected chi connectivity index (χ0v) is 16.3. The van der Waals surface area contributed by atoms with Gasteiger partial charge in [0.2, 0.25) is 0 Å². The zero-order valence-electron chi connectivity index (χ0n) is 16.3. The molecule has 28 heavy (non-hydrogen) atoms. The van der Waals surface area contributed by atoms with E-state index in [1.165, 1.54) is 12.0 Å². The SMILES string of the molecule is CNc1cc(N2CCC[C@H]2CNCc2cn(C)nc2-c2ccncc2)ncn1. The van der Waals surface area contributed by atoms with Crippen molar-refractivity contribution in [3.8, 4) is 11.3 Å². The lowest BCUT2D eigenvalue weighted by molar-refractivity contribution is 0.571. The molecule has 3 aromatic rings. The highest BCUT2D eigenvalue weighted by Gasteiger charge is 2.25. The van der Waals surface area contributed by atoms with Crippen LogP contribution in [0.2, 0.25) is 0 Å². The average molecular weight is 378 g/mol. The summed E-state index contributed by atoms with van der Waals surface area (Å²) in [6.45, 7) is 2.71. The van der Waals surface area contributed by atoms with Crippen molar-refractivity contribution in [3.05, 3.63) is 48.7 Å². The highest BCUT2D eigenvalue weighted by Crippen LogP contribution is 2.25. The minimum Gasteiger partial charge on any atom is -0.373 e. The molecule has 0 unspecified atom stereocenters. The standard InChI is InChI=1S/C20H26N8/c1-21-18-10-19(25-14-24-18)28-9-3-4-17(28)12-23-11-16-13-27(2)26-20(16)15-5-7-22-8-6-15/h5-8,10,13-14,17,23H,3-4,9,11-12H2,1-2H3,(H,21,24,25)/t17-/m0/s1. The van der Waals surface area contributed by atoms with Crippen LogP contribution in [-0.2, 0) is 13.6 Å². The highest BCUT2D eigenvalue weighted by atomic mass is 15.3. The van der Waals surface area contributed by atoms with Crippen LogP contribution < -0.4 is 15.5 Å². The molecule has 1 saturated heterocycles. The summed E-state index contributed by atoms with van der Waals surface area (Å²) in [6.07, 6.45) is 9.66. The first-order valence-corrected chi connectivity index (χ1v) is 9.64. The molecule has 1 fully saturated rings. The maximum Gasteiger partial charge on any atom is 0.134 e. The van der Waals surface area contributed by atoms with E-state index in [2.05, 4.69) is 41.8 Å². The topological polar surface area (TPSA) is 83.8 Å². The fourth-order valence-corrected chi connectivity index (χ4v) is 3.78. The van der Waals surface area contributed by atoms with E-state index in [-0.39, 0.29) is 0 Å². The maximum atomic E-state index is 4.63. The van der Waals surface area contributed by atoms with E-state index < -0.39 is 0 Å². The number of pyridine rings is 1. The summed E-state index contributed by atoms with van der Waals surface area (Å²) in [6, 6.07) is 6.44. The predicted molar refractivity (Wildman–Crippen MR) is 110 cm³/mol. The van der Waals surface area contributed by atoms with Crippen molar-refractivity contribution in [3.63, 3.8) is 0 Å². The van der Waals surface area contributed by atoms with E-state index in [9.17, 15) is 0 Å². The number of hydrogen-bond acceptors (Lipinski definition) is 7. The molecule has 1 aliphatic heterocycles. The second-order valence-electron chi connectivity index (χ2n) is 7.04. The fourth-order valence-electron chi connectivity index (χ4n) is 3.78. The van der Waals surface area contributed by atoms with Crippen LogP contribution >= 0.6 is 0 Å². The molecule has 2 N–H and O–H groups in total. The van der Waals surface area contributed by atoms with Gasteiger partial charge in [-0.15, -0.1) is 0 Å². The first kappa shape index (κ1) is 18.4. The molecule has 8 nitrogen and oxygen atoms in total. The largest absolute Gasteiger partial charge is 0.373 e. The second kappa shape index (κ2) is 8.35. The van der Waals surface area contributed by atoms with Gasteiger partial charge in [0.15, 0.2) is 0 Å². The molecule has 146 valence electrons. The second-order valence-corrected chi connectivity index (χ2v) is 7.04. The van der Waals surface area contributed by atoms with Crippen molar-refractivity contribution in [2.24, 2.45) is 7.05 Å². The van der Waals surface area contributed by atoms with Crippen LogP contribution in [0.1, 0.15) is 18.4 Å². The van der Waals surface area contributed by atoms with Gasteiger partial charge in [-0.1, -0.05) is 0 Å². The van der Waals surface area contributed by atoms with E-state index in [1.807, 2.05) is 37.0 Å². The van der Waals surface area contributed by atoms with Crippen molar-refractivity contribution in [2.45, 2.75) is 25.4 Å². The lowest BCUT2D eigenvalue weighted by atomic mass is 10.1. The van der Waals surface area contributed by atoms with E-state index >= 15 is 0 Å². The summed E-state index contributed by atoms with van der Waals surface area (Å²) in [5, 5.41) is 11.3. The van der Waals surface area contributed by atoms with Crippen molar-refractivity contribution >= 4 is 11.6 Å². The predicted octanol–water partition coefficient (Wildman–Crippen LogP) is 2.07. The summed E-state index contributed by atoms with van der Waals surface area (Å²) in [7, 11) is 3.84. The number of nitrogens with one attached hydrogen (secondary N) is 2. The normalized spacial score (nSPS) is 16.5. The number of rotatable bonds is 7. The van der Waals surface area contributed by atoms with Crippen molar-refractivity contribution in [1.82, 2.24) is 30.0 Å². The lowest BCUT2D eigenvalue weighted by Crippen LogP contribution is -2.38. The van der Waals surface area contributed by atoms with Gasteiger partial charge < -0.3 is 15.5 Å². The summed E-state index contributed by atoms with van der Waals surface area (Å²) >= 11 is 0. The van der Waals surface area contributed by atoms with Gasteiger partial charge in [0.05, 0.1) is 5.69 Å². The van der Waals surface area contributed by atoms with Crippen LogP contribution in [-0.4, -0.2) is 50.9 Å². The zero-order chi connectivity index (χ0) is 19.3. The van der Waals surface area contributed by atoms with Gasteiger partial charge in [0, 0.05) is 75.6 Å². The maximum absolute atomic E-state index is 4.63. The molecule has 0 spiro atoms. The van der Waals surface area contributed by atoms with Gasteiger partial charge in [-0.2, -0.15) is 5.10 Å². The first-order chi connectivity index (χ1) is 13.7. The molecule has 4 rings (SSSR count). The van der Waals surface area contributed by atoms with Crippen molar-refractivity contribution < 1.29 is 0 Å². The molecule has 0 aliphatic carbocycles. The van der Waals surface area contributed by atoms with Gasteiger partial charge in [0.1, 0.15) is 18.0 Å². The molecule has 0 amide bonds. The first-order valence-electron chi connectivity index (χ1n) is 9.64. The van der Waals surface area contributed by atoms with Gasteiger partial charge >= 0.3 is 0 Å². The smallest absolute Gasteiger partial charge is 0.134 e. The van der Waals surface area contributed by atoms with E-state index in [1.54, 1.807) is 18.7 Å². The van der Waals surface area contributed by atoms with Crippen molar-refractivity contribution in [2.75, 3.05) is 30.4 Å². The number of anilines is 2. The quantitative estimate of drug-likeness (QED) is 0.651.